The van der Waals surface area contributed by atoms with Gasteiger partial charge in [-0.05, 0) is 42.8 Å². The summed E-state index contributed by atoms with van der Waals surface area (Å²) in [6.45, 7) is 1.68. The molecule has 0 spiro atoms. The number of hydrogen-bond acceptors (Lipinski definition) is 3. The fraction of sp³-hybridized carbons (Fsp3) is 0.125. The number of carbonyl (C=O) groups is 2. The first kappa shape index (κ1) is 16.8. The first-order valence-corrected chi connectivity index (χ1v) is 7.64. The molecule has 0 aliphatic heterocycles. The van der Waals surface area contributed by atoms with Gasteiger partial charge in [0.2, 0.25) is 0 Å². The predicted molar refractivity (Wildman–Crippen MR) is 91.1 cm³/mol. The largest absolute Gasteiger partial charge is 0.483 e. The van der Waals surface area contributed by atoms with Crippen LogP contribution in [-0.4, -0.2) is 18.5 Å². The van der Waals surface area contributed by atoms with Gasteiger partial charge < -0.3 is 10.1 Å². The van der Waals surface area contributed by atoms with Crippen molar-refractivity contribution in [1.82, 2.24) is 10.9 Å². The van der Waals surface area contributed by atoms with Crippen molar-refractivity contribution in [2.24, 2.45) is 0 Å². The molecule has 2 rings (SSSR count). The third kappa shape index (κ3) is 5.63. The summed E-state index contributed by atoms with van der Waals surface area (Å²) in [5.74, 6) is 0.146. The van der Waals surface area contributed by atoms with Crippen LogP contribution in [0.2, 0.25) is 0 Å². The number of urea groups is 1. The van der Waals surface area contributed by atoms with Crippen LogP contribution in [0.4, 0.5) is 10.5 Å². The molecule has 0 saturated heterocycles. The van der Waals surface area contributed by atoms with E-state index < -0.39 is 11.9 Å². The van der Waals surface area contributed by atoms with Gasteiger partial charge in [0.05, 0.1) is 0 Å². The van der Waals surface area contributed by atoms with Gasteiger partial charge >= 0.3 is 6.03 Å². The average molecular weight is 378 g/mol. The maximum absolute atomic E-state index is 11.7. The van der Waals surface area contributed by atoms with Gasteiger partial charge in [0.25, 0.3) is 5.91 Å². The first-order chi connectivity index (χ1) is 11.0. The molecule has 0 bridgehead atoms. The number of nitrogens with one attached hydrogen (secondary N) is 3. The summed E-state index contributed by atoms with van der Waals surface area (Å²) in [5.41, 5.74) is 6.05. The Bertz CT molecular complexity index is 692. The highest BCUT2D eigenvalue weighted by Crippen LogP contribution is 2.21. The van der Waals surface area contributed by atoms with E-state index in [2.05, 4.69) is 32.1 Å². The van der Waals surface area contributed by atoms with Crippen molar-refractivity contribution in [3.05, 3.63) is 58.6 Å². The van der Waals surface area contributed by atoms with Crippen molar-refractivity contribution in [2.45, 2.75) is 6.92 Å². The molecule has 0 fully saturated rings. The van der Waals surface area contributed by atoms with Crippen molar-refractivity contribution in [3.63, 3.8) is 0 Å². The van der Waals surface area contributed by atoms with Crippen LogP contribution in [0.15, 0.2) is 53.0 Å². The van der Waals surface area contributed by atoms with Crippen LogP contribution in [0.5, 0.6) is 5.75 Å². The Morgan fingerprint density at radius 3 is 2.52 bits per heavy atom. The van der Waals surface area contributed by atoms with Gasteiger partial charge in [-0.2, -0.15) is 0 Å². The number of halogens is 1. The summed E-state index contributed by atoms with van der Waals surface area (Å²) in [6.07, 6.45) is 0. The Kier molecular flexibility index (Phi) is 5.99. The van der Waals surface area contributed by atoms with Crippen LogP contribution in [0, 0.1) is 6.92 Å². The Morgan fingerprint density at radius 1 is 1.09 bits per heavy atom. The Hall–Kier alpha value is -2.54. The van der Waals surface area contributed by atoms with E-state index in [1.807, 2.05) is 25.1 Å². The smallest absolute Gasteiger partial charge is 0.337 e. The molecule has 2 aromatic rings. The fourth-order valence-corrected chi connectivity index (χ4v) is 2.24. The van der Waals surface area contributed by atoms with Crippen molar-refractivity contribution in [2.75, 3.05) is 11.9 Å². The molecule has 23 heavy (non-hydrogen) atoms. The van der Waals surface area contributed by atoms with Crippen molar-refractivity contribution in [1.29, 1.82) is 0 Å². The molecule has 3 N–H and O–H groups in total. The average Bonchev–Trinajstić information content (AvgIpc) is 2.53. The zero-order valence-corrected chi connectivity index (χ0v) is 14.0. The van der Waals surface area contributed by atoms with E-state index in [-0.39, 0.29) is 6.61 Å². The molecule has 0 radical (unpaired) electrons. The first-order valence-electron chi connectivity index (χ1n) is 6.84. The number of amides is 3. The van der Waals surface area contributed by atoms with Gasteiger partial charge in [-0.1, -0.05) is 34.1 Å². The van der Waals surface area contributed by atoms with Gasteiger partial charge in [0.15, 0.2) is 6.61 Å². The zero-order chi connectivity index (χ0) is 16.7. The molecule has 0 aliphatic carbocycles. The Labute approximate surface area is 142 Å². The number of anilines is 1. The molecule has 0 aromatic heterocycles. The molecule has 0 saturated carbocycles. The van der Waals surface area contributed by atoms with Crippen LogP contribution in [-0.2, 0) is 4.79 Å². The lowest BCUT2D eigenvalue weighted by Gasteiger charge is -2.11. The number of rotatable bonds is 4. The predicted octanol–water partition coefficient (Wildman–Crippen LogP) is 2.99. The van der Waals surface area contributed by atoms with E-state index in [4.69, 9.17) is 4.74 Å². The topological polar surface area (TPSA) is 79.5 Å². The number of hydrazine groups is 1. The van der Waals surface area contributed by atoms with Gasteiger partial charge in [-0.25, -0.2) is 10.2 Å². The number of benzene rings is 2. The Balaban J connectivity index is 1.73. The highest BCUT2D eigenvalue weighted by atomic mass is 79.9. The molecule has 7 heteroatoms. The van der Waals surface area contributed by atoms with E-state index in [0.717, 1.165) is 10.0 Å². The summed E-state index contributed by atoms with van der Waals surface area (Å²) < 4.78 is 6.34. The molecule has 120 valence electrons. The number of ether oxygens (including phenoxy) is 1. The maximum Gasteiger partial charge on any atom is 0.337 e. The summed E-state index contributed by atoms with van der Waals surface area (Å²) in [7, 11) is 0. The minimum atomic E-state index is -0.538. The molecular formula is C16H16BrN3O3. The van der Waals surface area contributed by atoms with Crippen LogP contribution < -0.4 is 20.9 Å². The van der Waals surface area contributed by atoms with E-state index >= 15 is 0 Å². The molecule has 6 nitrogen and oxygen atoms in total. The highest BCUT2D eigenvalue weighted by molar-refractivity contribution is 9.10. The maximum atomic E-state index is 11.7. The number of para-hydroxylation sites is 1. The summed E-state index contributed by atoms with van der Waals surface area (Å²) in [4.78, 5) is 23.3. The summed E-state index contributed by atoms with van der Waals surface area (Å²) >= 11 is 3.35. The molecular weight excluding hydrogens is 362 g/mol. The SMILES string of the molecule is Cc1cc(Br)ccc1OCC(=O)NNC(=O)Nc1ccccc1. The second-order valence-corrected chi connectivity index (χ2v) is 5.61. The molecule has 0 aliphatic rings. The van der Waals surface area contributed by atoms with Crippen molar-refractivity contribution in [3.8, 4) is 5.75 Å². The molecule has 0 heterocycles. The lowest BCUT2D eigenvalue weighted by atomic mass is 10.2. The fourth-order valence-electron chi connectivity index (χ4n) is 1.76. The quantitative estimate of drug-likeness (QED) is 0.716. The highest BCUT2D eigenvalue weighted by Gasteiger charge is 2.07. The normalized spacial score (nSPS) is 9.83. The van der Waals surface area contributed by atoms with Crippen molar-refractivity contribution >= 4 is 33.6 Å². The van der Waals surface area contributed by atoms with E-state index in [1.165, 1.54) is 0 Å². The van der Waals surface area contributed by atoms with Gasteiger partial charge in [0, 0.05) is 10.2 Å². The minimum Gasteiger partial charge on any atom is -0.483 e. The second-order valence-electron chi connectivity index (χ2n) is 4.69. The summed E-state index contributed by atoms with van der Waals surface area (Å²) in [6, 6.07) is 13.8. The van der Waals surface area contributed by atoms with E-state index in [1.54, 1.807) is 30.3 Å². The molecule has 3 amide bonds. The lowest BCUT2D eigenvalue weighted by molar-refractivity contribution is -0.123. The van der Waals surface area contributed by atoms with Gasteiger partial charge in [0.1, 0.15) is 5.75 Å². The summed E-state index contributed by atoms with van der Waals surface area (Å²) in [5, 5.41) is 2.58. The Morgan fingerprint density at radius 2 is 1.83 bits per heavy atom. The molecule has 0 atom stereocenters. The second kappa shape index (κ2) is 8.19. The number of carbonyl (C=O) groups excluding carboxylic acids is 2. The third-order valence-corrected chi connectivity index (χ3v) is 3.34. The van der Waals surface area contributed by atoms with Gasteiger partial charge in [-0.15, -0.1) is 0 Å². The molecule has 2 aromatic carbocycles. The van der Waals surface area contributed by atoms with E-state index in [0.29, 0.717) is 11.4 Å². The minimum absolute atomic E-state index is 0.200. The van der Waals surface area contributed by atoms with Crippen LogP contribution in [0.25, 0.3) is 0 Å². The van der Waals surface area contributed by atoms with Crippen LogP contribution >= 0.6 is 15.9 Å². The monoisotopic (exact) mass is 377 g/mol. The van der Waals surface area contributed by atoms with E-state index in [9.17, 15) is 9.59 Å². The van der Waals surface area contributed by atoms with Crippen LogP contribution in [0.3, 0.4) is 0 Å². The third-order valence-electron chi connectivity index (χ3n) is 2.84. The van der Waals surface area contributed by atoms with Crippen molar-refractivity contribution < 1.29 is 14.3 Å². The number of aryl methyl sites for hydroxylation is 1. The van der Waals surface area contributed by atoms with Crippen LogP contribution in [0.1, 0.15) is 5.56 Å². The number of hydrogen-bond donors (Lipinski definition) is 3. The van der Waals surface area contributed by atoms with Gasteiger partial charge in [-0.3, -0.25) is 10.2 Å². The molecule has 0 unspecified atom stereocenters. The lowest BCUT2D eigenvalue weighted by Crippen LogP contribution is -2.45. The standard InChI is InChI=1S/C16H16BrN3O3/c1-11-9-12(17)7-8-14(11)23-10-15(21)19-20-16(22)18-13-5-3-2-4-6-13/h2-9H,10H2,1H3,(H,19,21)(H2,18,20,22). The zero-order valence-electron chi connectivity index (χ0n) is 12.4.